The third-order valence-electron chi connectivity index (χ3n) is 3.66. The van der Waals surface area contributed by atoms with Crippen LogP contribution in [0.25, 0.3) is 10.8 Å². The zero-order chi connectivity index (χ0) is 16.2. The third-order valence-corrected chi connectivity index (χ3v) is 3.66. The van der Waals surface area contributed by atoms with Crippen LogP contribution in [-0.2, 0) is 0 Å². The molecule has 0 atom stereocenters. The van der Waals surface area contributed by atoms with Crippen LogP contribution >= 0.6 is 0 Å². The van der Waals surface area contributed by atoms with Crippen molar-refractivity contribution >= 4 is 33.9 Å². The van der Waals surface area contributed by atoms with E-state index in [1.54, 1.807) is 0 Å². The molecule has 0 saturated carbocycles. The highest BCUT2D eigenvalue weighted by molar-refractivity contribution is 6.06. The number of benzene rings is 3. The van der Waals surface area contributed by atoms with Gasteiger partial charge in [0.05, 0.1) is 5.69 Å². The second kappa shape index (κ2) is 6.40. The van der Waals surface area contributed by atoms with Crippen molar-refractivity contribution < 1.29 is 4.79 Å². The van der Waals surface area contributed by atoms with Crippen molar-refractivity contribution in [3.8, 4) is 0 Å². The number of nitrogens with one attached hydrogen (secondary N) is 2. The molecular weight excluding hydrogens is 286 g/mol. The number of anilines is 3. The molecule has 3 rings (SSSR count). The molecule has 0 radical (unpaired) electrons. The van der Waals surface area contributed by atoms with Crippen molar-refractivity contribution in [2.45, 2.75) is 0 Å². The van der Waals surface area contributed by atoms with Crippen molar-refractivity contribution in [3.05, 3.63) is 66.7 Å². The molecule has 116 valence electrons. The van der Waals surface area contributed by atoms with Crippen LogP contribution < -0.4 is 15.5 Å². The SMILES string of the molecule is CN(C)c1cccc(NC(=O)Nc2cccc3ccccc23)c1. The molecule has 3 aromatic carbocycles. The lowest BCUT2D eigenvalue weighted by atomic mass is 10.1. The molecule has 3 aromatic rings. The van der Waals surface area contributed by atoms with Gasteiger partial charge in [0.15, 0.2) is 0 Å². The zero-order valence-electron chi connectivity index (χ0n) is 13.2. The molecule has 0 aliphatic heterocycles. The average molecular weight is 305 g/mol. The number of fused-ring (bicyclic) bond motifs is 1. The van der Waals surface area contributed by atoms with E-state index in [4.69, 9.17) is 0 Å². The highest BCUT2D eigenvalue weighted by Gasteiger charge is 2.06. The summed E-state index contributed by atoms with van der Waals surface area (Å²) < 4.78 is 0. The van der Waals surface area contributed by atoms with Gasteiger partial charge in [-0.1, -0.05) is 42.5 Å². The van der Waals surface area contributed by atoms with E-state index in [9.17, 15) is 4.79 Å². The number of carbonyl (C=O) groups excluding carboxylic acids is 1. The van der Waals surface area contributed by atoms with E-state index in [0.717, 1.165) is 27.8 Å². The first-order chi connectivity index (χ1) is 11.1. The van der Waals surface area contributed by atoms with Gasteiger partial charge in [0.25, 0.3) is 0 Å². The highest BCUT2D eigenvalue weighted by atomic mass is 16.2. The summed E-state index contributed by atoms with van der Waals surface area (Å²) in [6.07, 6.45) is 0. The first-order valence-electron chi connectivity index (χ1n) is 7.46. The molecule has 0 fully saturated rings. The fourth-order valence-corrected chi connectivity index (χ4v) is 2.48. The lowest BCUT2D eigenvalue weighted by Gasteiger charge is -2.14. The highest BCUT2D eigenvalue weighted by Crippen LogP contribution is 2.23. The van der Waals surface area contributed by atoms with Gasteiger partial charge in [-0.2, -0.15) is 0 Å². The summed E-state index contributed by atoms with van der Waals surface area (Å²) >= 11 is 0. The van der Waals surface area contributed by atoms with Gasteiger partial charge in [-0.05, 0) is 29.7 Å². The van der Waals surface area contributed by atoms with Crippen LogP contribution in [0.15, 0.2) is 66.7 Å². The maximum Gasteiger partial charge on any atom is 0.323 e. The summed E-state index contributed by atoms with van der Waals surface area (Å²) in [6.45, 7) is 0. The number of hydrogen-bond acceptors (Lipinski definition) is 2. The zero-order valence-corrected chi connectivity index (χ0v) is 13.2. The predicted molar refractivity (Wildman–Crippen MR) is 97.4 cm³/mol. The predicted octanol–water partition coefficient (Wildman–Crippen LogP) is 4.55. The van der Waals surface area contributed by atoms with Gasteiger partial charge in [-0.3, -0.25) is 0 Å². The molecule has 0 aromatic heterocycles. The van der Waals surface area contributed by atoms with Gasteiger partial charge >= 0.3 is 6.03 Å². The van der Waals surface area contributed by atoms with Crippen molar-refractivity contribution in [1.29, 1.82) is 0 Å². The summed E-state index contributed by atoms with van der Waals surface area (Å²) in [5.74, 6) is 0. The van der Waals surface area contributed by atoms with E-state index >= 15 is 0 Å². The minimum Gasteiger partial charge on any atom is -0.378 e. The Morgan fingerprint density at radius 2 is 1.61 bits per heavy atom. The standard InChI is InChI=1S/C19H19N3O/c1-22(2)16-10-6-9-15(13-16)20-19(23)21-18-12-5-8-14-7-3-4-11-17(14)18/h3-13H,1-2H3,(H2,20,21,23). The van der Waals surface area contributed by atoms with E-state index in [1.807, 2.05) is 85.7 Å². The molecule has 0 aliphatic carbocycles. The third kappa shape index (κ3) is 3.43. The van der Waals surface area contributed by atoms with Gasteiger partial charge < -0.3 is 15.5 Å². The summed E-state index contributed by atoms with van der Waals surface area (Å²) in [5, 5.41) is 7.91. The average Bonchev–Trinajstić information content (AvgIpc) is 2.55. The first-order valence-corrected chi connectivity index (χ1v) is 7.46. The van der Waals surface area contributed by atoms with Gasteiger partial charge in [-0.15, -0.1) is 0 Å². The van der Waals surface area contributed by atoms with Gasteiger partial charge in [-0.25, -0.2) is 4.79 Å². The molecule has 4 nitrogen and oxygen atoms in total. The first kappa shape index (κ1) is 14.9. The smallest absolute Gasteiger partial charge is 0.323 e. The van der Waals surface area contributed by atoms with Crippen molar-refractivity contribution in [3.63, 3.8) is 0 Å². The van der Waals surface area contributed by atoms with Crippen LogP contribution in [-0.4, -0.2) is 20.1 Å². The minimum atomic E-state index is -0.253. The molecule has 0 aliphatic rings. The minimum absolute atomic E-state index is 0.253. The molecule has 0 unspecified atom stereocenters. The number of amides is 2. The number of urea groups is 1. The van der Waals surface area contributed by atoms with Crippen LogP contribution in [0.4, 0.5) is 21.9 Å². The van der Waals surface area contributed by atoms with Crippen LogP contribution in [0.1, 0.15) is 0 Å². The fraction of sp³-hybridized carbons (Fsp3) is 0.105. The molecule has 0 saturated heterocycles. The number of carbonyl (C=O) groups is 1. The number of hydrogen-bond donors (Lipinski definition) is 2. The summed E-state index contributed by atoms with van der Waals surface area (Å²) in [7, 11) is 3.94. The quantitative estimate of drug-likeness (QED) is 0.745. The second-order valence-electron chi connectivity index (χ2n) is 5.55. The van der Waals surface area contributed by atoms with Crippen molar-refractivity contribution in [1.82, 2.24) is 0 Å². The molecule has 0 bridgehead atoms. The number of nitrogens with zero attached hydrogens (tertiary/aromatic N) is 1. The molecule has 4 heteroatoms. The monoisotopic (exact) mass is 305 g/mol. The molecule has 23 heavy (non-hydrogen) atoms. The molecule has 0 spiro atoms. The molecule has 0 heterocycles. The van der Waals surface area contributed by atoms with Crippen LogP contribution in [0.3, 0.4) is 0 Å². The normalized spacial score (nSPS) is 10.3. The van der Waals surface area contributed by atoms with E-state index in [1.165, 1.54) is 0 Å². The van der Waals surface area contributed by atoms with Crippen molar-refractivity contribution in [2.75, 3.05) is 29.6 Å². The largest absolute Gasteiger partial charge is 0.378 e. The maximum absolute atomic E-state index is 12.3. The maximum atomic E-state index is 12.3. The summed E-state index contributed by atoms with van der Waals surface area (Å²) in [5.41, 5.74) is 2.59. The lowest BCUT2D eigenvalue weighted by molar-refractivity contribution is 0.262. The van der Waals surface area contributed by atoms with E-state index in [0.29, 0.717) is 0 Å². The van der Waals surface area contributed by atoms with Gasteiger partial charge in [0.1, 0.15) is 0 Å². The van der Waals surface area contributed by atoms with Crippen LogP contribution in [0, 0.1) is 0 Å². The summed E-state index contributed by atoms with van der Waals surface area (Å²) in [4.78, 5) is 14.3. The Morgan fingerprint density at radius 3 is 2.43 bits per heavy atom. The topological polar surface area (TPSA) is 44.4 Å². The molecule has 2 N–H and O–H groups in total. The van der Waals surface area contributed by atoms with Gasteiger partial charge in [0, 0.05) is 30.9 Å². The Kier molecular flexibility index (Phi) is 4.15. The summed E-state index contributed by atoms with van der Waals surface area (Å²) in [6, 6.07) is 21.3. The molecular formula is C19H19N3O. The van der Waals surface area contributed by atoms with Gasteiger partial charge in [0.2, 0.25) is 0 Å². The molecule has 2 amide bonds. The Morgan fingerprint density at radius 1 is 0.870 bits per heavy atom. The Labute approximate surface area is 135 Å². The number of rotatable bonds is 3. The van der Waals surface area contributed by atoms with E-state index in [2.05, 4.69) is 10.6 Å². The van der Waals surface area contributed by atoms with Crippen LogP contribution in [0.5, 0.6) is 0 Å². The Bertz CT molecular complexity index is 837. The van der Waals surface area contributed by atoms with E-state index < -0.39 is 0 Å². The fourth-order valence-electron chi connectivity index (χ4n) is 2.48. The second-order valence-corrected chi connectivity index (χ2v) is 5.55. The lowest BCUT2D eigenvalue weighted by Crippen LogP contribution is -2.20. The Balaban J connectivity index is 1.78. The van der Waals surface area contributed by atoms with Crippen LogP contribution in [0.2, 0.25) is 0 Å². The Hall–Kier alpha value is -3.01. The van der Waals surface area contributed by atoms with Crippen molar-refractivity contribution in [2.24, 2.45) is 0 Å². The van der Waals surface area contributed by atoms with E-state index in [-0.39, 0.29) is 6.03 Å².